The second-order valence-corrected chi connectivity index (χ2v) is 3.05. The van der Waals surface area contributed by atoms with Crippen LogP contribution in [0.4, 0.5) is 5.69 Å². The van der Waals surface area contributed by atoms with Crippen LogP contribution in [-0.2, 0) is 0 Å². The zero-order valence-corrected chi connectivity index (χ0v) is 7.36. The summed E-state index contributed by atoms with van der Waals surface area (Å²) in [5.41, 5.74) is 7.03. The first-order valence-corrected chi connectivity index (χ1v) is 3.92. The molecule has 1 aromatic heterocycles. The summed E-state index contributed by atoms with van der Waals surface area (Å²) in [5, 5.41) is 0.616. The molecule has 0 aliphatic heterocycles. The maximum absolute atomic E-state index is 5.83. The maximum atomic E-state index is 5.83. The van der Waals surface area contributed by atoms with E-state index in [0.717, 1.165) is 0 Å². The molecule has 1 heterocycles. The Balaban J connectivity index is 2.94. The molecule has 12 heavy (non-hydrogen) atoms. The van der Waals surface area contributed by atoms with Crippen LogP contribution >= 0.6 is 23.2 Å². The van der Waals surface area contributed by atoms with Crippen LogP contribution in [0.3, 0.4) is 0 Å². The molecule has 2 N–H and O–H groups in total. The van der Waals surface area contributed by atoms with Crippen LogP contribution < -0.4 is 5.73 Å². The number of benzene rings is 1. The molecule has 0 atom stereocenters. The van der Waals surface area contributed by atoms with E-state index in [0.29, 0.717) is 26.8 Å². The van der Waals surface area contributed by atoms with Crippen LogP contribution in [0.1, 0.15) is 0 Å². The van der Waals surface area contributed by atoms with Crippen LogP contribution in [-0.4, -0.2) is 4.98 Å². The minimum Gasteiger partial charge on any atom is -0.442 e. The Kier molecular flexibility index (Phi) is 1.63. The molecule has 0 fully saturated rings. The molecule has 0 bridgehead atoms. The molecule has 1 aromatic carbocycles. The third-order valence-electron chi connectivity index (χ3n) is 1.53. The Hall–Kier alpha value is -0.930. The number of hydrogen-bond donors (Lipinski definition) is 1. The predicted octanol–water partition coefficient (Wildman–Crippen LogP) is 2.72. The van der Waals surface area contributed by atoms with Crippen LogP contribution in [0, 0.1) is 0 Å². The normalized spacial score (nSPS) is 10.8. The number of nitrogens with two attached hydrogens (primary N) is 1. The SMILES string of the molecule is Nc1cc2ncoc2c(Cl)c1Cl. The maximum Gasteiger partial charge on any atom is 0.182 e. The first kappa shape index (κ1) is 7.71. The molecule has 3 nitrogen and oxygen atoms in total. The van der Waals surface area contributed by atoms with Crippen molar-refractivity contribution in [1.82, 2.24) is 4.98 Å². The highest BCUT2D eigenvalue weighted by Crippen LogP contribution is 2.34. The van der Waals surface area contributed by atoms with Crippen LogP contribution in [0.25, 0.3) is 11.1 Å². The number of anilines is 1. The zero-order chi connectivity index (χ0) is 8.72. The number of halogens is 2. The van der Waals surface area contributed by atoms with Crippen molar-refractivity contribution in [1.29, 1.82) is 0 Å². The summed E-state index contributed by atoms with van der Waals surface area (Å²) in [6.07, 6.45) is 1.30. The van der Waals surface area contributed by atoms with Crippen molar-refractivity contribution in [2.75, 3.05) is 5.73 Å². The molecule has 0 spiro atoms. The quantitative estimate of drug-likeness (QED) is 0.669. The van der Waals surface area contributed by atoms with E-state index in [2.05, 4.69) is 4.98 Å². The first-order valence-electron chi connectivity index (χ1n) is 3.17. The van der Waals surface area contributed by atoms with Gasteiger partial charge in [-0.15, -0.1) is 0 Å². The van der Waals surface area contributed by atoms with Crippen LogP contribution in [0.2, 0.25) is 10.0 Å². The van der Waals surface area contributed by atoms with Crippen molar-refractivity contribution in [3.05, 3.63) is 22.5 Å². The number of oxazole rings is 1. The average molecular weight is 203 g/mol. The van der Waals surface area contributed by atoms with E-state index in [9.17, 15) is 0 Å². The number of fused-ring (bicyclic) bond motifs is 1. The van der Waals surface area contributed by atoms with Gasteiger partial charge in [-0.25, -0.2) is 4.98 Å². The van der Waals surface area contributed by atoms with E-state index in [-0.39, 0.29) is 0 Å². The smallest absolute Gasteiger partial charge is 0.182 e. The monoisotopic (exact) mass is 202 g/mol. The minimum absolute atomic E-state index is 0.306. The summed E-state index contributed by atoms with van der Waals surface area (Å²) in [5.74, 6) is 0. The Morgan fingerprint density at radius 1 is 1.33 bits per heavy atom. The molecule has 2 aromatic rings. The van der Waals surface area contributed by atoms with Gasteiger partial charge in [0.05, 0.1) is 10.7 Å². The summed E-state index contributed by atoms with van der Waals surface area (Å²) in [6.45, 7) is 0. The van der Waals surface area contributed by atoms with E-state index < -0.39 is 0 Å². The van der Waals surface area contributed by atoms with Crippen molar-refractivity contribution in [2.24, 2.45) is 0 Å². The van der Waals surface area contributed by atoms with Gasteiger partial charge in [-0.3, -0.25) is 0 Å². The van der Waals surface area contributed by atoms with Gasteiger partial charge < -0.3 is 10.2 Å². The molecule has 5 heteroatoms. The van der Waals surface area contributed by atoms with Gasteiger partial charge >= 0.3 is 0 Å². The molecule has 0 saturated heterocycles. The largest absolute Gasteiger partial charge is 0.442 e. The van der Waals surface area contributed by atoms with Crippen molar-refractivity contribution in [2.45, 2.75) is 0 Å². The lowest BCUT2D eigenvalue weighted by Gasteiger charge is -1.98. The van der Waals surface area contributed by atoms with Crippen molar-refractivity contribution in [3.8, 4) is 0 Å². The fourth-order valence-corrected chi connectivity index (χ4v) is 1.35. The average Bonchev–Trinajstić information content (AvgIpc) is 2.48. The third kappa shape index (κ3) is 0.940. The summed E-state index contributed by atoms with van der Waals surface area (Å²) >= 11 is 11.6. The Morgan fingerprint density at radius 3 is 2.83 bits per heavy atom. The topological polar surface area (TPSA) is 52.0 Å². The fraction of sp³-hybridized carbons (Fsp3) is 0. The lowest BCUT2D eigenvalue weighted by Crippen LogP contribution is -1.86. The van der Waals surface area contributed by atoms with Gasteiger partial charge in [0, 0.05) is 0 Å². The predicted molar refractivity (Wildman–Crippen MR) is 48.4 cm³/mol. The lowest BCUT2D eigenvalue weighted by molar-refractivity contribution is 0.602. The number of aromatic nitrogens is 1. The molecule has 0 radical (unpaired) electrons. The summed E-state index contributed by atoms with van der Waals surface area (Å²) in [7, 11) is 0. The van der Waals surface area contributed by atoms with E-state index >= 15 is 0 Å². The van der Waals surface area contributed by atoms with Gasteiger partial charge in [-0.1, -0.05) is 23.2 Å². The van der Waals surface area contributed by atoms with Gasteiger partial charge in [0.25, 0.3) is 0 Å². The van der Waals surface area contributed by atoms with Gasteiger partial charge in [0.15, 0.2) is 12.0 Å². The number of nitrogens with zero attached hydrogens (tertiary/aromatic N) is 1. The van der Waals surface area contributed by atoms with Crippen LogP contribution in [0.15, 0.2) is 16.9 Å². The summed E-state index contributed by atoms with van der Waals surface area (Å²) in [4.78, 5) is 3.89. The Morgan fingerprint density at radius 2 is 2.08 bits per heavy atom. The highest BCUT2D eigenvalue weighted by Gasteiger charge is 2.10. The van der Waals surface area contributed by atoms with E-state index in [4.69, 9.17) is 33.4 Å². The molecule has 62 valence electrons. The van der Waals surface area contributed by atoms with Crippen molar-refractivity contribution < 1.29 is 4.42 Å². The fourth-order valence-electron chi connectivity index (χ4n) is 0.959. The molecule has 0 unspecified atom stereocenters. The first-order chi connectivity index (χ1) is 5.70. The van der Waals surface area contributed by atoms with E-state index in [1.807, 2.05) is 0 Å². The Bertz CT molecular complexity index is 438. The van der Waals surface area contributed by atoms with Gasteiger partial charge in [-0.2, -0.15) is 0 Å². The second-order valence-electron chi connectivity index (χ2n) is 2.29. The minimum atomic E-state index is 0.306. The summed E-state index contributed by atoms with van der Waals surface area (Å²) in [6, 6.07) is 1.62. The molecule has 0 aliphatic rings. The van der Waals surface area contributed by atoms with E-state index in [1.165, 1.54) is 6.39 Å². The lowest BCUT2D eigenvalue weighted by atomic mass is 10.3. The number of hydrogen-bond acceptors (Lipinski definition) is 3. The molecular formula is C7H4Cl2N2O. The number of rotatable bonds is 0. The Labute approximate surface area is 78.1 Å². The van der Waals surface area contributed by atoms with Gasteiger partial charge in [0.1, 0.15) is 10.5 Å². The third-order valence-corrected chi connectivity index (χ3v) is 2.40. The van der Waals surface area contributed by atoms with Gasteiger partial charge in [-0.05, 0) is 6.07 Å². The van der Waals surface area contributed by atoms with Crippen molar-refractivity contribution >= 4 is 40.0 Å². The highest BCUT2D eigenvalue weighted by atomic mass is 35.5. The zero-order valence-electron chi connectivity index (χ0n) is 5.84. The molecule has 0 aliphatic carbocycles. The molecule has 0 saturated carbocycles. The summed E-state index contributed by atoms with van der Waals surface area (Å²) < 4.78 is 5.00. The van der Waals surface area contributed by atoms with Gasteiger partial charge in [0.2, 0.25) is 0 Å². The van der Waals surface area contributed by atoms with E-state index in [1.54, 1.807) is 6.07 Å². The second kappa shape index (κ2) is 2.54. The van der Waals surface area contributed by atoms with Crippen molar-refractivity contribution in [3.63, 3.8) is 0 Å². The molecular weight excluding hydrogens is 199 g/mol. The standard InChI is InChI=1S/C7H4Cl2N2O/c8-5-3(10)1-4-7(6(5)9)12-2-11-4/h1-2H,10H2. The molecule has 2 rings (SSSR count). The van der Waals surface area contributed by atoms with Crippen LogP contribution in [0.5, 0.6) is 0 Å². The highest BCUT2D eigenvalue weighted by molar-refractivity contribution is 6.46. The molecule has 0 amide bonds. The number of nitrogen functional groups attached to an aromatic ring is 1.